The minimum Gasteiger partial charge on any atom is -0.511 e. The first-order valence-electron chi connectivity index (χ1n) is 11.8. The summed E-state index contributed by atoms with van der Waals surface area (Å²) in [6, 6.07) is 19.9. The van der Waals surface area contributed by atoms with Gasteiger partial charge in [0, 0.05) is 31.9 Å². The normalized spacial score (nSPS) is 22.4. The Morgan fingerprint density at radius 3 is 2.30 bits per heavy atom. The van der Waals surface area contributed by atoms with Crippen LogP contribution in [0.4, 0.5) is 0 Å². The first-order chi connectivity index (χ1) is 16.1. The van der Waals surface area contributed by atoms with Crippen LogP contribution in [-0.2, 0) is 20.9 Å². The minimum atomic E-state index is -0.804. The number of carbonyl (C=O) groups excluding carboxylic acids is 1. The van der Waals surface area contributed by atoms with Crippen molar-refractivity contribution in [3.8, 4) is 0 Å². The average molecular weight is 467 g/mol. The molecule has 1 atom stereocenters. The van der Waals surface area contributed by atoms with Crippen molar-refractivity contribution in [2.24, 2.45) is 0 Å². The number of likely N-dealkylation sites (N-methyl/N-ethyl adjacent to an activating group) is 1. The lowest BCUT2D eigenvalue weighted by molar-refractivity contribution is -0.160. The largest absolute Gasteiger partial charge is 0.511 e. The number of aliphatic hydroxyl groups is 1. The predicted octanol–water partition coefficient (Wildman–Crippen LogP) is 4.95. The van der Waals surface area contributed by atoms with E-state index in [9.17, 15) is 9.90 Å². The molecule has 0 aliphatic carbocycles. The molecule has 5 nitrogen and oxygen atoms in total. The molecule has 1 fully saturated rings. The summed E-state index contributed by atoms with van der Waals surface area (Å²) in [5, 5.41) is 10.9. The summed E-state index contributed by atoms with van der Waals surface area (Å²) >= 11 is 1.35. The molecular weight excluding hydrogens is 432 g/mol. The summed E-state index contributed by atoms with van der Waals surface area (Å²) in [5.74, 6) is 0.358. The van der Waals surface area contributed by atoms with E-state index < -0.39 is 11.6 Å². The summed E-state index contributed by atoms with van der Waals surface area (Å²) in [6.45, 7) is 5.52. The van der Waals surface area contributed by atoms with Crippen LogP contribution in [0.3, 0.4) is 0 Å². The van der Waals surface area contributed by atoms with Crippen LogP contribution in [0.15, 0.2) is 71.3 Å². The fraction of sp³-hybridized carbons (Fsp3) is 0.444. The lowest BCUT2D eigenvalue weighted by atomic mass is 9.83. The van der Waals surface area contributed by atoms with Crippen molar-refractivity contribution in [1.29, 1.82) is 0 Å². The van der Waals surface area contributed by atoms with Crippen molar-refractivity contribution < 1.29 is 14.6 Å². The average Bonchev–Trinajstić information content (AvgIpc) is 2.84. The van der Waals surface area contributed by atoms with Crippen molar-refractivity contribution in [3.05, 3.63) is 82.5 Å². The third kappa shape index (κ3) is 6.19. The zero-order valence-corrected chi connectivity index (χ0v) is 20.2. The molecule has 4 rings (SSSR count). The molecule has 2 aromatic rings. The van der Waals surface area contributed by atoms with E-state index in [-0.39, 0.29) is 5.76 Å². The lowest BCUT2D eigenvalue weighted by Gasteiger charge is -2.38. The van der Waals surface area contributed by atoms with E-state index in [1.54, 1.807) is 0 Å². The molecule has 2 aliphatic rings. The smallest absolute Gasteiger partial charge is 0.348 e. The standard InChI is InChI=1S/C27H34N2O3S/c1-28-16-18-29(19-17-28)15-9-8-14-27(23-12-6-3-7-13-23)20-24(30)25(26(31)32-27)33-21-22-10-4-2-5-11-22/h2-7,10-13,30H,8-9,14-21H2,1H3. The van der Waals surface area contributed by atoms with E-state index >= 15 is 0 Å². The second-order valence-electron chi connectivity index (χ2n) is 9.08. The maximum absolute atomic E-state index is 13.1. The van der Waals surface area contributed by atoms with Gasteiger partial charge in [-0.3, -0.25) is 0 Å². The summed E-state index contributed by atoms with van der Waals surface area (Å²) < 4.78 is 6.14. The van der Waals surface area contributed by atoms with Gasteiger partial charge in [0.1, 0.15) is 16.3 Å². The number of aliphatic hydroxyl groups excluding tert-OH is 1. The second kappa shape index (κ2) is 11.2. The zero-order chi connectivity index (χ0) is 23.1. The first-order valence-corrected chi connectivity index (χ1v) is 12.8. The Hall–Kier alpha value is -2.28. The predicted molar refractivity (Wildman–Crippen MR) is 134 cm³/mol. The summed E-state index contributed by atoms with van der Waals surface area (Å²) in [5.41, 5.74) is 1.26. The summed E-state index contributed by atoms with van der Waals surface area (Å²) in [4.78, 5) is 18.3. The Labute approximate surface area is 201 Å². The van der Waals surface area contributed by atoms with Crippen LogP contribution in [0.2, 0.25) is 0 Å². The van der Waals surface area contributed by atoms with E-state index in [4.69, 9.17) is 4.74 Å². The first kappa shape index (κ1) is 23.9. The second-order valence-corrected chi connectivity index (χ2v) is 10.1. The van der Waals surface area contributed by atoms with Crippen molar-refractivity contribution >= 4 is 17.7 Å². The molecule has 0 bridgehead atoms. The van der Waals surface area contributed by atoms with Gasteiger partial charge in [0.05, 0.1) is 6.42 Å². The van der Waals surface area contributed by atoms with E-state index in [1.165, 1.54) is 11.8 Å². The maximum Gasteiger partial charge on any atom is 0.348 e. The molecule has 2 aliphatic heterocycles. The number of ether oxygens (including phenoxy) is 1. The minimum absolute atomic E-state index is 0.148. The molecule has 33 heavy (non-hydrogen) atoms. The van der Waals surface area contributed by atoms with Gasteiger partial charge in [-0.05, 0) is 44.0 Å². The van der Waals surface area contributed by atoms with E-state index in [0.717, 1.165) is 56.7 Å². The number of cyclic esters (lactones) is 1. The number of rotatable bonds is 9. The number of hydrogen-bond acceptors (Lipinski definition) is 6. The van der Waals surface area contributed by atoms with Crippen molar-refractivity contribution in [3.63, 3.8) is 0 Å². The van der Waals surface area contributed by atoms with Gasteiger partial charge in [-0.25, -0.2) is 4.79 Å². The highest BCUT2D eigenvalue weighted by Crippen LogP contribution is 2.44. The van der Waals surface area contributed by atoms with Crippen molar-refractivity contribution in [2.75, 3.05) is 39.8 Å². The topological polar surface area (TPSA) is 53.0 Å². The monoisotopic (exact) mass is 466 g/mol. The van der Waals surface area contributed by atoms with E-state index in [1.807, 2.05) is 60.7 Å². The Kier molecular flexibility index (Phi) is 8.12. The Morgan fingerprint density at radius 1 is 0.970 bits per heavy atom. The third-order valence-corrected chi connectivity index (χ3v) is 7.78. The zero-order valence-electron chi connectivity index (χ0n) is 19.4. The molecule has 0 saturated carbocycles. The van der Waals surface area contributed by atoms with Crippen molar-refractivity contribution in [2.45, 2.75) is 37.0 Å². The van der Waals surface area contributed by atoms with Gasteiger partial charge in [-0.15, -0.1) is 11.8 Å². The van der Waals surface area contributed by atoms with Gasteiger partial charge in [-0.1, -0.05) is 60.7 Å². The van der Waals surface area contributed by atoms with Gasteiger partial charge in [0.2, 0.25) is 0 Å². The molecule has 6 heteroatoms. The quantitative estimate of drug-likeness (QED) is 0.417. The van der Waals surface area contributed by atoms with Crippen LogP contribution < -0.4 is 0 Å². The van der Waals surface area contributed by atoms with Gasteiger partial charge in [0.25, 0.3) is 0 Å². The Balaban J connectivity index is 1.42. The van der Waals surface area contributed by atoms with Gasteiger partial charge in [0.15, 0.2) is 0 Å². The number of carbonyl (C=O) groups is 1. The highest BCUT2D eigenvalue weighted by molar-refractivity contribution is 8.03. The molecule has 176 valence electrons. The number of nitrogens with zero attached hydrogens (tertiary/aromatic N) is 2. The highest BCUT2D eigenvalue weighted by atomic mass is 32.2. The number of hydrogen-bond donors (Lipinski definition) is 1. The summed E-state index contributed by atoms with van der Waals surface area (Å²) in [6.07, 6.45) is 3.02. The molecule has 2 heterocycles. The van der Waals surface area contributed by atoms with Gasteiger partial charge >= 0.3 is 5.97 Å². The molecule has 1 saturated heterocycles. The van der Waals surface area contributed by atoms with Crippen LogP contribution in [0, 0.1) is 0 Å². The number of unbranched alkanes of at least 4 members (excludes halogenated alkanes) is 1. The van der Waals surface area contributed by atoms with Crippen LogP contribution >= 0.6 is 11.8 Å². The van der Waals surface area contributed by atoms with Crippen LogP contribution in [0.25, 0.3) is 0 Å². The fourth-order valence-corrected chi connectivity index (χ4v) is 5.51. The van der Waals surface area contributed by atoms with Gasteiger partial charge in [-0.2, -0.15) is 0 Å². The van der Waals surface area contributed by atoms with E-state index in [2.05, 4.69) is 16.8 Å². The van der Waals surface area contributed by atoms with Crippen LogP contribution in [-0.4, -0.2) is 60.6 Å². The Bertz CT molecular complexity index is 942. The number of esters is 1. The molecule has 0 spiro atoms. The third-order valence-electron chi connectivity index (χ3n) is 6.62. The van der Waals surface area contributed by atoms with E-state index in [0.29, 0.717) is 23.5 Å². The molecule has 2 aromatic carbocycles. The molecular formula is C27H34N2O3S. The maximum atomic E-state index is 13.1. The molecule has 0 amide bonds. The van der Waals surface area contributed by atoms with Crippen molar-refractivity contribution in [1.82, 2.24) is 9.80 Å². The molecule has 1 unspecified atom stereocenters. The van der Waals surface area contributed by atoms with Gasteiger partial charge < -0.3 is 19.6 Å². The van der Waals surface area contributed by atoms with Crippen LogP contribution in [0.1, 0.15) is 36.8 Å². The lowest BCUT2D eigenvalue weighted by Crippen LogP contribution is -2.44. The summed E-state index contributed by atoms with van der Waals surface area (Å²) in [7, 11) is 2.17. The molecule has 0 aromatic heterocycles. The van der Waals surface area contributed by atoms with Crippen LogP contribution in [0.5, 0.6) is 0 Å². The molecule has 0 radical (unpaired) electrons. The molecule has 1 N–H and O–H groups in total. The fourth-order valence-electron chi connectivity index (χ4n) is 4.60. The highest BCUT2D eigenvalue weighted by Gasteiger charge is 2.43. The SMILES string of the molecule is CN1CCN(CCCCC2(c3ccccc3)CC(O)=C(SCc3ccccc3)C(=O)O2)CC1. The number of piperazine rings is 1. The number of thioether (sulfide) groups is 1. The Morgan fingerprint density at radius 2 is 1.64 bits per heavy atom. The number of benzene rings is 2.